The van der Waals surface area contributed by atoms with Crippen LogP contribution in [0.25, 0.3) is 32.0 Å². The number of pyridine rings is 2. The molecule has 4 heterocycles. The second-order valence-electron chi connectivity index (χ2n) is 4.50. The predicted octanol–water partition coefficient (Wildman–Crippen LogP) is 4.39. The first kappa shape index (κ1) is 13.2. The van der Waals surface area contributed by atoms with E-state index in [1.165, 1.54) is 0 Å². The number of rotatable bonds is 3. The third-order valence-electron chi connectivity index (χ3n) is 3.04. The summed E-state index contributed by atoms with van der Waals surface area (Å²) in [7, 11) is 0. The van der Waals surface area contributed by atoms with Gasteiger partial charge in [0.15, 0.2) is 10.0 Å². The SMILES string of the molecule is c1ccc(-c2csc(-c3ncc(-c4ccccn4)s3)n2)nc1. The molecule has 0 aliphatic carbocycles. The minimum absolute atomic E-state index is 0.881. The molecule has 0 atom stereocenters. The molecule has 4 aromatic heterocycles. The van der Waals surface area contributed by atoms with Crippen LogP contribution in [0.2, 0.25) is 0 Å². The molecule has 0 aliphatic heterocycles. The Balaban J connectivity index is 1.66. The first-order chi connectivity index (χ1) is 10.9. The molecule has 0 saturated heterocycles. The van der Waals surface area contributed by atoms with Gasteiger partial charge in [0.1, 0.15) is 5.69 Å². The lowest BCUT2D eigenvalue weighted by Gasteiger charge is -1.93. The van der Waals surface area contributed by atoms with Gasteiger partial charge in [-0.15, -0.1) is 22.7 Å². The first-order valence-corrected chi connectivity index (χ1v) is 8.34. The summed E-state index contributed by atoms with van der Waals surface area (Å²) < 4.78 is 0. The monoisotopic (exact) mass is 322 g/mol. The van der Waals surface area contributed by atoms with Crippen LogP contribution in [0.5, 0.6) is 0 Å². The van der Waals surface area contributed by atoms with E-state index >= 15 is 0 Å². The maximum Gasteiger partial charge on any atom is 0.152 e. The highest BCUT2D eigenvalue weighted by Gasteiger charge is 2.12. The van der Waals surface area contributed by atoms with Crippen LogP contribution >= 0.6 is 22.7 Å². The van der Waals surface area contributed by atoms with Gasteiger partial charge in [-0.2, -0.15) is 0 Å². The minimum atomic E-state index is 0.881. The van der Waals surface area contributed by atoms with Gasteiger partial charge in [0, 0.05) is 24.0 Å². The quantitative estimate of drug-likeness (QED) is 0.561. The molecule has 0 bridgehead atoms. The van der Waals surface area contributed by atoms with E-state index in [4.69, 9.17) is 0 Å². The van der Waals surface area contributed by atoms with Gasteiger partial charge < -0.3 is 0 Å². The van der Waals surface area contributed by atoms with Crippen molar-refractivity contribution < 1.29 is 0 Å². The van der Waals surface area contributed by atoms with Crippen molar-refractivity contribution in [2.75, 3.05) is 0 Å². The van der Waals surface area contributed by atoms with Gasteiger partial charge in [-0.05, 0) is 24.3 Å². The largest absolute Gasteiger partial charge is 0.255 e. The fourth-order valence-corrected chi connectivity index (χ4v) is 3.75. The smallest absolute Gasteiger partial charge is 0.152 e. The van der Waals surface area contributed by atoms with Crippen molar-refractivity contribution in [3.05, 3.63) is 60.4 Å². The highest BCUT2D eigenvalue weighted by atomic mass is 32.1. The third-order valence-corrected chi connectivity index (χ3v) is 5.04. The fourth-order valence-electron chi connectivity index (χ4n) is 2.00. The second kappa shape index (κ2) is 5.75. The summed E-state index contributed by atoms with van der Waals surface area (Å²) in [5.41, 5.74) is 2.70. The lowest BCUT2D eigenvalue weighted by molar-refractivity contribution is 1.27. The zero-order valence-electron chi connectivity index (χ0n) is 11.4. The highest BCUT2D eigenvalue weighted by molar-refractivity contribution is 7.22. The molecule has 22 heavy (non-hydrogen) atoms. The number of aromatic nitrogens is 4. The van der Waals surface area contributed by atoms with Crippen molar-refractivity contribution in [3.63, 3.8) is 0 Å². The summed E-state index contributed by atoms with van der Waals surface area (Å²) in [6.07, 6.45) is 5.42. The van der Waals surface area contributed by atoms with Crippen LogP contribution < -0.4 is 0 Å². The summed E-state index contributed by atoms with van der Waals surface area (Å²) in [4.78, 5) is 18.8. The molecule has 0 N–H and O–H groups in total. The minimum Gasteiger partial charge on any atom is -0.255 e. The summed E-state index contributed by atoms with van der Waals surface area (Å²) in [5, 5.41) is 3.83. The van der Waals surface area contributed by atoms with Crippen LogP contribution in [-0.4, -0.2) is 19.9 Å². The Bertz CT molecular complexity index is 809. The topological polar surface area (TPSA) is 51.6 Å². The van der Waals surface area contributed by atoms with E-state index in [-0.39, 0.29) is 0 Å². The van der Waals surface area contributed by atoms with Crippen molar-refractivity contribution in [3.8, 4) is 32.0 Å². The molecule has 4 aromatic rings. The summed E-state index contributed by atoms with van der Waals surface area (Å²) in [6, 6.07) is 11.7. The normalized spacial score (nSPS) is 10.7. The lowest BCUT2D eigenvalue weighted by Crippen LogP contribution is -1.81. The molecule has 106 valence electrons. The van der Waals surface area contributed by atoms with Gasteiger partial charge in [-0.1, -0.05) is 12.1 Å². The number of hydrogen-bond donors (Lipinski definition) is 0. The summed E-state index contributed by atoms with van der Waals surface area (Å²) >= 11 is 3.18. The van der Waals surface area contributed by atoms with E-state index in [1.54, 1.807) is 35.1 Å². The number of hydrogen-bond acceptors (Lipinski definition) is 6. The van der Waals surface area contributed by atoms with Gasteiger partial charge in [0.2, 0.25) is 0 Å². The molecular formula is C16H10N4S2. The molecule has 0 unspecified atom stereocenters. The van der Waals surface area contributed by atoms with Gasteiger partial charge in [-0.3, -0.25) is 9.97 Å². The number of thiazole rings is 2. The van der Waals surface area contributed by atoms with Gasteiger partial charge in [-0.25, -0.2) is 9.97 Å². The van der Waals surface area contributed by atoms with E-state index < -0.39 is 0 Å². The molecular weight excluding hydrogens is 312 g/mol. The molecule has 6 heteroatoms. The van der Waals surface area contributed by atoms with E-state index in [2.05, 4.69) is 19.9 Å². The zero-order chi connectivity index (χ0) is 14.8. The van der Waals surface area contributed by atoms with Crippen LogP contribution in [-0.2, 0) is 0 Å². The molecule has 4 rings (SSSR count). The molecule has 0 amide bonds. The summed E-state index contributed by atoms with van der Waals surface area (Å²) in [5.74, 6) is 0. The predicted molar refractivity (Wildman–Crippen MR) is 89.7 cm³/mol. The van der Waals surface area contributed by atoms with Gasteiger partial charge in [0.05, 0.1) is 16.3 Å². The zero-order valence-corrected chi connectivity index (χ0v) is 13.0. The van der Waals surface area contributed by atoms with Crippen LogP contribution in [0.4, 0.5) is 0 Å². The highest BCUT2D eigenvalue weighted by Crippen LogP contribution is 2.34. The van der Waals surface area contributed by atoms with Gasteiger partial charge in [0.25, 0.3) is 0 Å². The Morgan fingerprint density at radius 2 is 1.50 bits per heavy atom. The lowest BCUT2D eigenvalue weighted by atomic mass is 10.3. The second-order valence-corrected chi connectivity index (χ2v) is 6.39. The fraction of sp³-hybridized carbons (Fsp3) is 0. The third kappa shape index (κ3) is 2.54. The van der Waals surface area contributed by atoms with E-state index in [9.17, 15) is 0 Å². The molecule has 0 spiro atoms. The average Bonchev–Trinajstić information content (AvgIpc) is 3.26. The Morgan fingerprint density at radius 1 is 0.727 bits per heavy atom. The van der Waals surface area contributed by atoms with Crippen molar-refractivity contribution in [1.29, 1.82) is 0 Å². The molecule has 0 aromatic carbocycles. The molecule has 0 saturated carbocycles. The van der Waals surface area contributed by atoms with E-state index in [0.29, 0.717) is 0 Å². The first-order valence-electron chi connectivity index (χ1n) is 6.65. The Hall–Kier alpha value is -2.44. The van der Waals surface area contributed by atoms with Crippen molar-refractivity contribution in [2.45, 2.75) is 0 Å². The van der Waals surface area contributed by atoms with Crippen LogP contribution in [0.15, 0.2) is 60.4 Å². The van der Waals surface area contributed by atoms with Crippen LogP contribution in [0, 0.1) is 0 Å². The van der Waals surface area contributed by atoms with Crippen molar-refractivity contribution >= 4 is 22.7 Å². The summed E-state index contributed by atoms with van der Waals surface area (Å²) in [6.45, 7) is 0. The number of nitrogens with zero attached hydrogens (tertiary/aromatic N) is 4. The standard InChI is InChI=1S/C16H10N4S2/c1-3-7-17-11(5-1)13-10-21-16(20-13)15-19-9-14(22-15)12-6-2-4-8-18-12/h1-10H. The van der Waals surface area contributed by atoms with Crippen LogP contribution in [0.3, 0.4) is 0 Å². The molecule has 0 fully saturated rings. The molecule has 4 nitrogen and oxygen atoms in total. The van der Waals surface area contributed by atoms with E-state index in [1.807, 2.05) is 48.0 Å². The Morgan fingerprint density at radius 3 is 2.23 bits per heavy atom. The maximum atomic E-state index is 4.64. The van der Waals surface area contributed by atoms with Crippen LogP contribution in [0.1, 0.15) is 0 Å². The molecule has 0 radical (unpaired) electrons. The van der Waals surface area contributed by atoms with E-state index in [0.717, 1.165) is 32.0 Å². The van der Waals surface area contributed by atoms with Gasteiger partial charge >= 0.3 is 0 Å². The maximum absolute atomic E-state index is 4.64. The van der Waals surface area contributed by atoms with Crippen molar-refractivity contribution in [2.24, 2.45) is 0 Å². The average molecular weight is 322 g/mol. The van der Waals surface area contributed by atoms with Crippen molar-refractivity contribution in [1.82, 2.24) is 19.9 Å². The molecule has 0 aliphatic rings. The Kier molecular flexibility index (Phi) is 3.46. The Labute approximate surface area is 135 Å².